The number of hydrogen-bond acceptors (Lipinski definition) is 6. The van der Waals surface area contributed by atoms with Gasteiger partial charge in [0.05, 0.1) is 18.4 Å². The van der Waals surface area contributed by atoms with Crippen LogP contribution in [0.15, 0.2) is 10.9 Å². The minimum absolute atomic E-state index is 0.636. The topological polar surface area (TPSA) is 78.0 Å². The van der Waals surface area contributed by atoms with Gasteiger partial charge in [-0.2, -0.15) is 10.1 Å². The smallest absolute Gasteiger partial charge is 0.227 e. The van der Waals surface area contributed by atoms with Crippen molar-refractivity contribution >= 4 is 0 Å². The van der Waals surface area contributed by atoms with E-state index in [1.165, 1.54) is 6.33 Å². The van der Waals surface area contributed by atoms with Gasteiger partial charge in [0.15, 0.2) is 6.33 Å². The van der Waals surface area contributed by atoms with E-state index in [9.17, 15) is 0 Å². The number of nitrogens with one attached hydrogen (secondary N) is 1. The van der Waals surface area contributed by atoms with Gasteiger partial charge in [-0.25, -0.2) is 4.68 Å². The third kappa shape index (κ3) is 2.67. The van der Waals surface area contributed by atoms with Crippen LogP contribution in [0.2, 0.25) is 0 Å². The summed E-state index contributed by atoms with van der Waals surface area (Å²) in [6, 6.07) is 0. The summed E-state index contributed by atoms with van der Waals surface area (Å²) in [4.78, 5) is 3.96. The number of aryl methyl sites for hydroxylation is 2. The lowest BCUT2D eigenvalue weighted by atomic mass is 10.2. The fourth-order valence-corrected chi connectivity index (χ4v) is 1.85. The SMILES string of the molecule is COc1c(CNCCc2ncno2)c(C)nn1C. The summed E-state index contributed by atoms with van der Waals surface area (Å²) in [5.41, 5.74) is 2.05. The number of aromatic nitrogens is 4. The standard InChI is InChI=1S/C11H17N5O2/c1-8-9(11(17-3)16(2)15-8)6-12-5-4-10-13-7-14-18-10/h7,12H,4-6H2,1-3H3. The maximum Gasteiger partial charge on any atom is 0.227 e. The fraction of sp³-hybridized carbons (Fsp3) is 0.545. The van der Waals surface area contributed by atoms with Crippen LogP contribution in [-0.2, 0) is 20.0 Å². The number of methoxy groups -OCH3 is 1. The summed E-state index contributed by atoms with van der Waals surface area (Å²) in [6.45, 7) is 3.44. The third-order valence-electron chi connectivity index (χ3n) is 2.71. The Kier molecular flexibility index (Phi) is 3.93. The van der Waals surface area contributed by atoms with Gasteiger partial charge in [-0.3, -0.25) is 0 Å². The molecule has 2 aromatic heterocycles. The summed E-state index contributed by atoms with van der Waals surface area (Å²) in [5.74, 6) is 1.43. The Morgan fingerprint density at radius 1 is 1.50 bits per heavy atom. The van der Waals surface area contributed by atoms with E-state index in [2.05, 4.69) is 20.6 Å². The van der Waals surface area contributed by atoms with Crippen LogP contribution in [0.25, 0.3) is 0 Å². The Morgan fingerprint density at radius 3 is 3.00 bits per heavy atom. The molecule has 0 saturated heterocycles. The number of ether oxygens (including phenoxy) is 1. The van der Waals surface area contributed by atoms with Gasteiger partial charge < -0.3 is 14.6 Å². The predicted octanol–water partition coefficient (Wildman–Crippen LogP) is 0.452. The molecule has 0 unspecified atom stereocenters. The van der Waals surface area contributed by atoms with Crippen molar-refractivity contribution in [1.82, 2.24) is 25.2 Å². The molecule has 0 fully saturated rings. The molecule has 0 aliphatic heterocycles. The molecule has 18 heavy (non-hydrogen) atoms. The molecule has 7 heteroatoms. The summed E-state index contributed by atoms with van der Waals surface area (Å²) >= 11 is 0. The molecule has 0 aromatic carbocycles. The molecular formula is C11H17N5O2. The van der Waals surface area contributed by atoms with Crippen molar-refractivity contribution in [2.75, 3.05) is 13.7 Å². The molecule has 0 bridgehead atoms. The lowest BCUT2D eigenvalue weighted by Gasteiger charge is -2.05. The van der Waals surface area contributed by atoms with Crippen molar-refractivity contribution in [2.24, 2.45) is 7.05 Å². The van der Waals surface area contributed by atoms with E-state index < -0.39 is 0 Å². The lowest BCUT2D eigenvalue weighted by Crippen LogP contribution is -2.17. The Morgan fingerprint density at radius 2 is 2.33 bits per heavy atom. The van der Waals surface area contributed by atoms with E-state index in [4.69, 9.17) is 9.26 Å². The maximum atomic E-state index is 5.32. The Balaban J connectivity index is 1.86. The average molecular weight is 251 g/mol. The molecule has 2 rings (SSSR count). The van der Waals surface area contributed by atoms with Crippen molar-refractivity contribution < 1.29 is 9.26 Å². The van der Waals surface area contributed by atoms with Crippen LogP contribution in [0.3, 0.4) is 0 Å². The number of rotatable bonds is 6. The van der Waals surface area contributed by atoms with E-state index in [1.54, 1.807) is 11.8 Å². The van der Waals surface area contributed by atoms with Crippen LogP contribution in [0.1, 0.15) is 17.1 Å². The minimum Gasteiger partial charge on any atom is -0.481 e. The highest BCUT2D eigenvalue weighted by Gasteiger charge is 2.12. The second-order valence-electron chi connectivity index (χ2n) is 3.96. The molecule has 0 atom stereocenters. The maximum absolute atomic E-state index is 5.32. The third-order valence-corrected chi connectivity index (χ3v) is 2.71. The highest BCUT2D eigenvalue weighted by molar-refractivity contribution is 5.30. The first kappa shape index (κ1) is 12.6. The van der Waals surface area contributed by atoms with Crippen LogP contribution in [0, 0.1) is 6.92 Å². The quantitative estimate of drug-likeness (QED) is 0.751. The predicted molar refractivity (Wildman–Crippen MR) is 64.2 cm³/mol. The van der Waals surface area contributed by atoms with E-state index in [1.807, 2.05) is 14.0 Å². The molecule has 0 aliphatic carbocycles. The van der Waals surface area contributed by atoms with Gasteiger partial charge in [0, 0.05) is 26.6 Å². The van der Waals surface area contributed by atoms with Gasteiger partial charge in [-0.1, -0.05) is 5.16 Å². The van der Waals surface area contributed by atoms with E-state index in [0.717, 1.165) is 23.7 Å². The molecule has 0 spiro atoms. The monoisotopic (exact) mass is 251 g/mol. The van der Waals surface area contributed by atoms with Crippen LogP contribution in [-0.4, -0.2) is 33.6 Å². The summed E-state index contributed by atoms with van der Waals surface area (Å²) in [6.07, 6.45) is 2.12. The minimum atomic E-state index is 0.636. The van der Waals surface area contributed by atoms with Crippen LogP contribution < -0.4 is 10.1 Å². The summed E-state index contributed by atoms with van der Waals surface area (Å²) < 4.78 is 12.0. The molecule has 2 aromatic rings. The van der Waals surface area contributed by atoms with Gasteiger partial charge in [0.2, 0.25) is 11.8 Å². The van der Waals surface area contributed by atoms with Crippen molar-refractivity contribution in [2.45, 2.75) is 19.9 Å². The molecule has 1 N–H and O–H groups in total. The molecule has 7 nitrogen and oxygen atoms in total. The first-order chi connectivity index (χ1) is 8.72. The van der Waals surface area contributed by atoms with E-state index in [0.29, 0.717) is 18.9 Å². The Hall–Kier alpha value is -1.89. The normalized spacial score (nSPS) is 10.8. The van der Waals surface area contributed by atoms with Gasteiger partial charge in [0.1, 0.15) is 0 Å². The fourth-order valence-electron chi connectivity index (χ4n) is 1.85. The van der Waals surface area contributed by atoms with Gasteiger partial charge in [0.25, 0.3) is 0 Å². The molecule has 0 radical (unpaired) electrons. The molecular weight excluding hydrogens is 234 g/mol. The average Bonchev–Trinajstić information content (AvgIpc) is 2.93. The number of hydrogen-bond donors (Lipinski definition) is 1. The van der Waals surface area contributed by atoms with Gasteiger partial charge in [-0.05, 0) is 6.92 Å². The van der Waals surface area contributed by atoms with Crippen molar-refractivity contribution in [3.63, 3.8) is 0 Å². The van der Waals surface area contributed by atoms with E-state index >= 15 is 0 Å². The highest BCUT2D eigenvalue weighted by Crippen LogP contribution is 2.20. The zero-order valence-corrected chi connectivity index (χ0v) is 10.8. The van der Waals surface area contributed by atoms with Crippen LogP contribution in [0.5, 0.6) is 5.88 Å². The lowest BCUT2D eigenvalue weighted by molar-refractivity contribution is 0.366. The van der Waals surface area contributed by atoms with Gasteiger partial charge >= 0.3 is 0 Å². The molecule has 0 aliphatic rings. The number of nitrogens with zero attached hydrogens (tertiary/aromatic N) is 4. The summed E-state index contributed by atoms with van der Waals surface area (Å²) in [7, 11) is 3.52. The zero-order valence-electron chi connectivity index (χ0n) is 10.8. The van der Waals surface area contributed by atoms with Gasteiger partial charge in [-0.15, -0.1) is 0 Å². The Labute approximate surface area is 105 Å². The van der Waals surface area contributed by atoms with Crippen molar-refractivity contribution in [1.29, 1.82) is 0 Å². The second-order valence-corrected chi connectivity index (χ2v) is 3.96. The van der Waals surface area contributed by atoms with E-state index in [-0.39, 0.29) is 0 Å². The first-order valence-electron chi connectivity index (χ1n) is 5.75. The van der Waals surface area contributed by atoms with Crippen LogP contribution >= 0.6 is 0 Å². The van der Waals surface area contributed by atoms with Crippen LogP contribution in [0.4, 0.5) is 0 Å². The molecule has 2 heterocycles. The highest BCUT2D eigenvalue weighted by atomic mass is 16.5. The van der Waals surface area contributed by atoms with Crippen molar-refractivity contribution in [3.05, 3.63) is 23.5 Å². The second kappa shape index (κ2) is 5.63. The molecule has 98 valence electrons. The molecule has 0 amide bonds. The Bertz CT molecular complexity index is 492. The summed E-state index contributed by atoms with van der Waals surface area (Å²) in [5, 5.41) is 11.2. The first-order valence-corrected chi connectivity index (χ1v) is 5.75. The van der Waals surface area contributed by atoms with Crippen molar-refractivity contribution in [3.8, 4) is 5.88 Å². The molecule has 0 saturated carbocycles. The zero-order chi connectivity index (χ0) is 13.0. The largest absolute Gasteiger partial charge is 0.481 e.